The lowest BCUT2D eigenvalue weighted by Gasteiger charge is -2.05. The Morgan fingerprint density at radius 3 is 2.64 bits per heavy atom. The first-order valence-electron chi connectivity index (χ1n) is 6.84. The van der Waals surface area contributed by atoms with E-state index in [1.807, 2.05) is 4.72 Å². The molecule has 0 aliphatic carbocycles. The molecule has 2 aromatic rings. The first-order chi connectivity index (χ1) is 11.7. The third-order valence-electron chi connectivity index (χ3n) is 2.98. The van der Waals surface area contributed by atoms with Crippen molar-refractivity contribution in [1.29, 1.82) is 0 Å². The van der Waals surface area contributed by atoms with Crippen LogP contribution in [0.25, 0.3) is 0 Å². The number of aromatic hydroxyl groups is 1. The van der Waals surface area contributed by atoms with E-state index < -0.39 is 20.9 Å². The Kier molecular flexibility index (Phi) is 5.13. The first kappa shape index (κ1) is 18.1. The maximum absolute atomic E-state index is 11.9. The number of hydrogen-bond donors (Lipinski definition) is 2. The van der Waals surface area contributed by atoms with E-state index >= 15 is 0 Å². The molecule has 2 rings (SSSR count). The first-order valence-corrected chi connectivity index (χ1v) is 8.32. The monoisotopic (exact) mass is 363 g/mol. The van der Waals surface area contributed by atoms with Crippen LogP contribution in [0.1, 0.15) is 12.5 Å². The maximum atomic E-state index is 11.9. The van der Waals surface area contributed by atoms with E-state index in [0.29, 0.717) is 0 Å². The highest BCUT2D eigenvalue weighted by molar-refractivity contribution is 7.90. The van der Waals surface area contributed by atoms with Crippen molar-refractivity contribution in [3.05, 3.63) is 58.1 Å². The summed E-state index contributed by atoms with van der Waals surface area (Å²) in [5.41, 5.74) is 0.0999. The number of rotatable bonds is 5. The summed E-state index contributed by atoms with van der Waals surface area (Å²) in [6.07, 6.45) is 1.17. The Labute approximate surface area is 142 Å². The van der Waals surface area contributed by atoms with Crippen molar-refractivity contribution < 1.29 is 23.2 Å². The highest BCUT2D eigenvalue weighted by atomic mass is 32.2. The zero-order valence-electron chi connectivity index (χ0n) is 12.9. The van der Waals surface area contributed by atoms with Crippen molar-refractivity contribution >= 4 is 33.5 Å². The number of phenols is 1. The number of hydrogen-bond acceptors (Lipinski definition) is 7. The van der Waals surface area contributed by atoms with E-state index in [0.717, 1.165) is 25.1 Å². The molecule has 0 bridgehead atoms. The number of nitro benzene ring substituents is 1. The van der Waals surface area contributed by atoms with Crippen LogP contribution in [-0.4, -0.2) is 30.6 Å². The number of non-ortho nitro benzene ring substituents is 1. The van der Waals surface area contributed by atoms with Crippen molar-refractivity contribution in [2.75, 3.05) is 0 Å². The number of aliphatic imine (C=N–C) groups is 1. The minimum Gasteiger partial charge on any atom is -0.507 e. The van der Waals surface area contributed by atoms with E-state index in [4.69, 9.17) is 0 Å². The van der Waals surface area contributed by atoms with Gasteiger partial charge in [0.15, 0.2) is 0 Å². The SMILES string of the molecule is CC(=O)NS(=O)(=O)c1cccc(N=Cc2cc([N+](=O)[O-])ccc2O)c1. The lowest BCUT2D eigenvalue weighted by molar-refractivity contribution is -0.384. The van der Waals surface area contributed by atoms with Crippen LogP contribution < -0.4 is 4.72 Å². The zero-order valence-corrected chi connectivity index (χ0v) is 13.7. The lowest BCUT2D eigenvalue weighted by atomic mass is 10.2. The Morgan fingerprint density at radius 2 is 2.00 bits per heavy atom. The smallest absolute Gasteiger partial charge is 0.270 e. The van der Waals surface area contributed by atoms with Gasteiger partial charge in [-0.3, -0.25) is 19.9 Å². The summed E-state index contributed by atoms with van der Waals surface area (Å²) in [5.74, 6) is -0.938. The second kappa shape index (κ2) is 7.09. The number of benzene rings is 2. The largest absolute Gasteiger partial charge is 0.507 e. The average Bonchev–Trinajstić information content (AvgIpc) is 2.53. The van der Waals surface area contributed by atoms with Gasteiger partial charge in [0.25, 0.3) is 15.7 Å². The van der Waals surface area contributed by atoms with Gasteiger partial charge in [-0.05, 0) is 24.3 Å². The van der Waals surface area contributed by atoms with Crippen LogP contribution in [0.5, 0.6) is 5.75 Å². The molecule has 9 nitrogen and oxygen atoms in total. The Bertz CT molecular complexity index is 969. The van der Waals surface area contributed by atoms with Crippen molar-refractivity contribution in [3.8, 4) is 5.75 Å². The van der Waals surface area contributed by atoms with Crippen LogP contribution in [0, 0.1) is 10.1 Å². The number of nitrogens with one attached hydrogen (secondary N) is 1. The summed E-state index contributed by atoms with van der Waals surface area (Å²) >= 11 is 0. The van der Waals surface area contributed by atoms with Gasteiger partial charge in [-0.25, -0.2) is 13.1 Å². The highest BCUT2D eigenvalue weighted by Crippen LogP contribution is 2.23. The number of carbonyl (C=O) groups excluding carboxylic acids is 1. The molecule has 0 heterocycles. The summed E-state index contributed by atoms with van der Waals surface area (Å²) in [5, 5.41) is 20.5. The van der Waals surface area contributed by atoms with E-state index in [1.165, 1.54) is 30.5 Å². The maximum Gasteiger partial charge on any atom is 0.270 e. The molecule has 0 aliphatic rings. The number of carbonyl (C=O) groups is 1. The molecule has 0 spiro atoms. The highest BCUT2D eigenvalue weighted by Gasteiger charge is 2.15. The number of phenolic OH excluding ortho intramolecular Hbond substituents is 1. The minimum absolute atomic E-state index is 0.101. The quantitative estimate of drug-likeness (QED) is 0.472. The molecule has 0 unspecified atom stereocenters. The Hall–Kier alpha value is -3.27. The molecule has 1 amide bonds. The molecule has 0 atom stereocenters. The molecule has 0 saturated heterocycles. The zero-order chi connectivity index (χ0) is 18.6. The fourth-order valence-electron chi connectivity index (χ4n) is 1.88. The fourth-order valence-corrected chi connectivity index (χ4v) is 2.91. The van der Waals surface area contributed by atoms with Crippen LogP contribution in [0.3, 0.4) is 0 Å². The van der Waals surface area contributed by atoms with Gasteiger partial charge in [0.05, 0.1) is 15.5 Å². The lowest BCUT2D eigenvalue weighted by Crippen LogP contribution is -2.28. The normalized spacial score (nSPS) is 11.4. The molecule has 10 heteroatoms. The van der Waals surface area contributed by atoms with Crippen molar-refractivity contribution in [1.82, 2.24) is 4.72 Å². The van der Waals surface area contributed by atoms with Crippen LogP contribution in [0.4, 0.5) is 11.4 Å². The molecule has 0 fully saturated rings. The van der Waals surface area contributed by atoms with Gasteiger partial charge in [-0.2, -0.15) is 0 Å². The van der Waals surface area contributed by atoms with Crippen LogP contribution in [-0.2, 0) is 14.8 Å². The van der Waals surface area contributed by atoms with Gasteiger partial charge in [0, 0.05) is 30.8 Å². The van der Waals surface area contributed by atoms with Crippen LogP contribution in [0.2, 0.25) is 0 Å². The molecule has 25 heavy (non-hydrogen) atoms. The number of nitrogens with zero attached hydrogens (tertiary/aromatic N) is 2. The third kappa shape index (κ3) is 4.61. The molecule has 2 aromatic carbocycles. The molecule has 2 N–H and O–H groups in total. The van der Waals surface area contributed by atoms with Crippen LogP contribution in [0.15, 0.2) is 52.4 Å². The van der Waals surface area contributed by atoms with Crippen molar-refractivity contribution in [2.45, 2.75) is 11.8 Å². The number of nitro groups is 1. The third-order valence-corrected chi connectivity index (χ3v) is 4.41. The molecular formula is C15H13N3O6S. The topological polar surface area (TPSA) is 139 Å². The van der Waals surface area contributed by atoms with Crippen molar-refractivity contribution in [2.24, 2.45) is 4.99 Å². The molecule has 0 saturated carbocycles. The van der Waals surface area contributed by atoms with E-state index in [-0.39, 0.29) is 27.6 Å². The number of amides is 1. The second-order valence-electron chi connectivity index (χ2n) is 4.92. The van der Waals surface area contributed by atoms with Crippen LogP contribution >= 0.6 is 0 Å². The van der Waals surface area contributed by atoms with Gasteiger partial charge >= 0.3 is 0 Å². The van der Waals surface area contributed by atoms with Gasteiger partial charge in [0.2, 0.25) is 5.91 Å². The predicted molar refractivity (Wildman–Crippen MR) is 89.5 cm³/mol. The van der Waals surface area contributed by atoms with Crippen molar-refractivity contribution in [3.63, 3.8) is 0 Å². The molecule has 0 aromatic heterocycles. The summed E-state index contributed by atoms with van der Waals surface area (Å²) in [4.78, 5) is 24.9. The summed E-state index contributed by atoms with van der Waals surface area (Å²) in [6, 6.07) is 8.87. The predicted octanol–water partition coefficient (Wildman–Crippen LogP) is 1.88. The summed E-state index contributed by atoms with van der Waals surface area (Å²) in [6.45, 7) is 1.07. The van der Waals surface area contributed by atoms with E-state index in [1.54, 1.807) is 0 Å². The molecule has 130 valence electrons. The standard InChI is InChI=1S/C15H13N3O6S/c1-10(19)17-25(23,24)14-4-2-3-12(8-14)16-9-11-7-13(18(21)22)5-6-15(11)20/h2-9,20H,1H3,(H,17,19). The second-order valence-corrected chi connectivity index (χ2v) is 6.60. The molecule has 0 aliphatic heterocycles. The Morgan fingerprint density at radius 1 is 1.28 bits per heavy atom. The van der Waals surface area contributed by atoms with E-state index in [9.17, 15) is 28.4 Å². The van der Waals surface area contributed by atoms with Gasteiger partial charge in [-0.1, -0.05) is 6.07 Å². The number of sulfonamides is 1. The Balaban J connectivity index is 2.34. The van der Waals surface area contributed by atoms with Gasteiger partial charge in [0.1, 0.15) is 5.75 Å². The fraction of sp³-hybridized carbons (Fsp3) is 0.0667. The molecule has 0 radical (unpaired) electrons. The average molecular weight is 363 g/mol. The van der Waals surface area contributed by atoms with E-state index in [2.05, 4.69) is 4.99 Å². The molecular weight excluding hydrogens is 350 g/mol. The van der Waals surface area contributed by atoms with Gasteiger partial charge in [-0.15, -0.1) is 0 Å². The summed E-state index contributed by atoms with van der Waals surface area (Å²) in [7, 11) is -4.00. The summed E-state index contributed by atoms with van der Waals surface area (Å²) < 4.78 is 25.7. The minimum atomic E-state index is -4.00. The van der Waals surface area contributed by atoms with Gasteiger partial charge < -0.3 is 5.11 Å².